The van der Waals surface area contributed by atoms with E-state index < -0.39 is 8.46 Å². The molecule has 30 heavy (non-hydrogen) atoms. The Labute approximate surface area is 179 Å². The molecule has 3 nitrogen and oxygen atoms in total. The quantitative estimate of drug-likeness (QED) is 0.398. The van der Waals surface area contributed by atoms with E-state index in [-0.39, 0.29) is 11.6 Å². The molecule has 152 valence electrons. The molecular weight excluding hydrogens is 391 g/mol. The van der Waals surface area contributed by atoms with Gasteiger partial charge in [0.15, 0.2) is 11.6 Å². The van der Waals surface area contributed by atoms with E-state index in [1.54, 1.807) is 18.2 Å². The van der Waals surface area contributed by atoms with E-state index in [9.17, 15) is 14.2 Å². The van der Waals surface area contributed by atoms with Gasteiger partial charge in [0.25, 0.3) is 0 Å². The minimum atomic E-state index is -0.906. The van der Waals surface area contributed by atoms with E-state index in [0.29, 0.717) is 27.6 Å². The molecule has 1 unspecified atom stereocenters. The summed E-state index contributed by atoms with van der Waals surface area (Å²) in [5, 5.41) is 0.297. The van der Waals surface area contributed by atoms with Crippen molar-refractivity contribution in [1.82, 2.24) is 0 Å². The van der Waals surface area contributed by atoms with Gasteiger partial charge in [-0.25, -0.2) is 0 Å². The van der Waals surface area contributed by atoms with Gasteiger partial charge in [-0.15, -0.1) is 0 Å². The molecule has 0 saturated heterocycles. The minimum Gasteiger partial charge on any atom is -0.288 e. The molecule has 0 radical (unpaired) electrons. The molecule has 0 bridgehead atoms. The Bertz CT molecular complexity index is 1070. The van der Waals surface area contributed by atoms with Crippen molar-refractivity contribution in [3.8, 4) is 0 Å². The highest BCUT2D eigenvalue weighted by Gasteiger charge is 2.28. The van der Waals surface area contributed by atoms with Crippen LogP contribution in [0.3, 0.4) is 0 Å². The fourth-order valence-corrected chi connectivity index (χ4v) is 5.00. The highest BCUT2D eigenvalue weighted by atomic mass is 31.1. The molecule has 0 heterocycles. The molecule has 0 N–H and O–H groups in total. The summed E-state index contributed by atoms with van der Waals surface area (Å²) in [6, 6.07) is 12.9. The van der Waals surface area contributed by atoms with Crippen LogP contribution in [0.2, 0.25) is 0 Å². The smallest absolute Gasteiger partial charge is 0.288 e. The van der Waals surface area contributed by atoms with Crippen molar-refractivity contribution in [3.05, 3.63) is 98.1 Å². The normalized spacial score (nSPS) is 11.0. The summed E-state index contributed by atoms with van der Waals surface area (Å²) in [6.45, 7) is 11.6. The van der Waals surface area contributed by atoms with Crippen molar-refractivity contribution in [2.24, 2.45) is 0 Å². The lowest BCUT2D eigenvalue weighted by Gasteiger charge is -2.13. The molecule has 3 aromatic carbocycles. The number of benzene rings is 3. The van der Waals surface area contributed by atoms with E-state index in [4.69, 9.17) is 0 Å². The topological polar surface area (TPSA) is 51.2 Å². The second-order valence-corrected chi connectivity index (χ2v) is 8.74. The lowest BCUT2D eigenvalue weighted by molar-refractivity contribution is 0.103. The van der Waals surface area contributed by atoms with E-state index in [2.05, 4.69) is 0 Å². The van der Waals surface area contributed by atoms with Gasteiger partial charge in [0, 0.05) is 11.1 Å². The molecule has 0 amide bonds. The zero-order valence-corrected chi connectivity index (χ0v) is 19.3. The highest BCUT2D eigenvalue weighted by Crippen LogP contribution is 2.24. The van der Waals surface area contributed by atoms with Crippen molar-refractivity contribution in [1.29, 1.82) is 0 Å². The first-order chi connectivity index (χ1) is 14.1. The van der Waals surface area contributed by atoms with E-state index in [1.807, 2.05) is 65.8 Å². The van der Waals surface area contributed by atoms with Crippen LogP contribution in [-0.2, 0) is 4.57 Å². The number of hydrogen-bond donors (Lipinski definition) is 0. The Morgan fingerprint density at radius 2 is 0.967 bits per heavy atom. The van der Waals surface area contributed by atoms with Crippen LogP contribution in [0.5, 0.6) is 0 Å². The summed E-state index contributed by atoms with van der Waals surface area (Å²) in [5.74, 6) is -0.397. The van der Waals surface area contributed by atoms with Crippen LogP contribution in [0, 0.1) is 41.5 Å². The SMILES string of the molecule is Cc1cc(C)c(C(=O)c2cccc(C(=O)c3c(C)cc(C)cc3C)c2[PH+]=O)c(C)c1. The van der Waals surface area contributed by atoms with Gasteiger partial charge in [-0.1, -0.05) is 46.0 Å². The van der Waals surface area contributed by atoms with Gasteiger partial charge in [-0.2, -0.15) is 0 Å². The monoisotopic (exact) mass is 417 g/mol. The number of carbonyl (C=O) groups excluding carboxylic acids is 2. The standard InChI is InChI=1S/C26H25O3P/c1-14-10-16(3)22(17(4)11-14)24(27)20-8-7-9-21(26(20)30-29)25(28)23-18(5)12-15(2)13-19(23)6/h7-13H,1-6H3/p+1. The van der Waals surface area contributed by atoms with Crippen molar-refractivity contribution < 1.29 is 14.2 Å². The van der Waals surface area contributed by atoms with Crippen molar-refractivity contribution in [2.75, 3.05) is 0 Å². The number of rotatable bonds is 5. The first-order valence-electron chi connectivity index (χ1n) is 9.92. The van der Waals surface area contributed by atoms with Crippen LogP contribution in [0.4, 0.5) is 0 Å². The molecule has 0 spiro atoms. The average molecular weight is 417 g/mol. The molecule has 0 saturated carbocycles. The Morgan fingerprint density at radius 3 is 1.27 bits per heavy atom. The largest absolute Gasteiger partial charge is 0.364 e. The maximum Gasteiger partial charge on any atom is 0.364 e. The molecule has 0 fully saturated rings. The molecule has 0 aromatic heterocycles. The van der Waals surface area contributed by atoms with Crippen LogP contribution >= 0.6 is 8.46 Å². The van der Waals surface area contributed by atoms with Crippen molar-refractivity contribution in [2.45, 2.75) is 41.5 Å². The van der Waals surface area contributed by atoms with E-state index in [1.165, 1.54) is 0 Å². The van der Waals surface area contributed by atoms with E-state index in [0.717, 1.165) is 33.4 Å². The van der Waals surface area contributed by atoms with Crippen LogP contribution < -0.4 is 5.30 Å². The van der Waals surface area contributed by atoms with Crippen molar-refractivity contribution >= 4 is 25.3 Å². The summed E-state index contributed by atoms with van der Waals surface area (Å²) in [6.07, 6.45) is 0. The van der Waals surface area contributed by atoms with Gasteiger partial charge in [0.1, 0.15) is 0 Å². The van der Waals surface area contributed by atoms with Crippen LogP contribution in [0.25, 0.3) is 0 Å². The molecule has 4 heteroatoms. The summed E-state index contributed by atoms with van der Waals surface area (Å²) in [4.78, 5) is 26.8. The Balaban J connectivity index is 2.18. The first kappa shape index (κ1) is 21.8. The predicted molar refractivity (Wildman–Crippen MR) is 123 cm³/mol. The fourth-order valence-electron chi connectivity index (χ4n) is 4.39. The molecule has 0 aliphatic heterocycles. The number of ketones is 2. The third-order valence-corrected chi connectivity index (χ3v) is 6.21. The molecule has 3 rings (SSSR count). The molecule has 0 aliphatic carbocycles. The summed E-state index contributed by atoms with van der Waals surface area (Å²) < 4.78 is 12.2. The highest BCUT2D eigenvalue weighted by molar-refractivity contribution is 7.34. The summed E-state index contributed by atoms with van der Waals surface area (Å²) in [5.41, 5.74) is 7.53. The Morgan fingerprint density at radius 1 is 0.633 bits per heavy atom. The maximum atomic E-state index is 13.4. The summed E-state index contributed by atoms with van der Waals surface area (Å²) in [7, 11) is -0.906. The molecule has 0 aliphatic rings. The molecule has 1 atom stereocenters. The second-order valence-electron chi connectivity index (χ2n) is 8.04. The Hall–Kier alpha value is -2.90. The fraction of sp³-hybridized carbons (Fsp3) is 0.231. The van der Waals surface area contributed by atoms with Gasteiger partial charge >= 0.3 is 8.46 Å². The second kappa shape index (κ2) is 8.45. The van der Waals surface area contributed by atoms with Gasteiger partial charge < -0.3 is 0 Å². The summed E-state index contributed by atoms with van der Waals surface area (Å²) >= 11 is 0. The van der Waals surface area contributed by atoms with Crippen LogP contribution in [0.15, 0.2) is 42.5 Å². The maximum absolute atomic E-state index is 13.4. The van der Waals surface area contributed by atoms with Crippen molar-refractivity contribution in [3.63, 3.8) is 0 Å². The number of aryl methyl sites for hydroxylation is 6. The minimum absolute atomic E-state index is 0.199. The average Bonchev–Trinajstić information content (AvgIpc) is 2.65. The van der Waals surface area contributed by atoms with Crippen LogP contribution in [-0.4, -0.2) is 11.6 Å². The zero-order chi connectivity index (χ0) is 22.2. The lowest BCUT2D eigenvalue weighted by Crippen LogP contribution is -2.21. The zero-order valence-electron chi connectivity index (χ0n) is 18.3. The van der Waals surface area contributed by atoms with Gasteiger partial charge in [0.2, 0.25) is 5.30 Å². The number of hydrogen-bond acceptors (Lipinski definition) is 3. The molecule has 3 aromatic rings. The Kier molecular flexibility index (Phi) is 6.14. The van der Waals surface area contributed by atoms with E-state index >= 15 is 0 Å². The predicted octanol–water partition coefficient (Wildman–Crippen LogP) is 5.65. The molecular formula is C26H26O3P+. The van der Waals surface area contributed by atoms with Crippen LogP contribution in [0.1, 0.15) is 65.2 Å². The number of carbonyl (C=O) groups is 2. The third kappa shape index (κ3) is 3.91. The lowest BCUT2D eigenvalue weighted by atomic mass is 9.89. The van der Waals surface area contributed by atoms with Gasteiger partial charge in [-0.05, 0) is 75.9 Å². The van der Waals surface area contributed by atoms with Gasteiger partial charge in [-0.3, -0.25) is 9.59 Å². The third-order valence-electron chi connectivity index (χ3n) is 5.46. The van der Waals surface area contributed by atoms with Gasteiger partial charge in [0.05, 0.1) is 11.1 Å². The first-order valence-corrected chi connectivity index (χ1v) is 10.8.